The first-order chi connectivity index (χ1) is 14.1. The molecule has 1 amide bonds. The van der Waals surface area contributed by atoms with Crippen molar-refractivity contribution in [1.82, 2.24) is 10.3 Å². The van der Waals surface area contributed by atoms with E-state index in [9.17, 15) is 9.59 Å². The Morgan fingerprint density at radius 2 is 1.93 bits per heavy atom. The number of aliphatic hydroxyl groups excluding tert-OH is 1. The molecule has 0 saturated heterocycles. The molecule has 2 aromatic carbocycles. The van der Waals surface area contributed by atoms with E-state index in [1.165, 1.54) is 6.20 Å². The number of para-hydroxylation sites is 1. The van der Waals surface area contributed by atoms with Crippen molar-refractivity contribution in [3.63, 3.8) is 0 Å². The minimum absolute atomic E-state index is 0.0267. The number of amides is 1. The quantitative estimate of drug-likeness (QED) is 0.298. The van der Waals surface area contributed by atoms with Crippen molar-refractivity contribution in [2.45, 2.75) is 6.42 Å². The van der Waals surface area contributed by atoms with Gasteiger partial charge in [-0.1, -0.05) is 18.2 Å². The van der Waals surface area contributed by atoms with Gasteiger partial charge in [-0.3, -0.25) is 9.59 Å². The van der Waals surface area contributed by atoms with E-state index in [-0.39, 0.29) is 29.3 Å². The molecule has 29 heavy (non-hydrogen) atoms. The Morgan fingerprint density at radius 1 is 1.17 bits per heavy atom. The smallest absolute Gasteiger partial charge is 0.258 e. The Balaban J connectivity index is 1.76. The van der Waals surface area contributed by atoms with Gasteiger partial charge in [0.25, 0.3) is 11.5 Å². The number of hydrogen-bond acceptors (Lipinski definition) is 6. The number of rotatable bonds is 8. The van der Waals surface area contributed by atoms with Crippen molar-refractivity contribution >= 4 is 28.2 Å². The fourth-order valence-electron chi connectivity index (χ4n) is 2.76. The fraction of sp³-hybridized carbons (Fsp3) is 0.143. The molecule has 0 aliphatic carbocycles. The van der Waals surface area contributed by atoms with Gasteiger partial charge < -0.3 is 20.7 Å². The maximum atomic E-state index is 12.3. The zero-order valence-corrected chi connectivity index (χ0v) is 15.6. The van der Waals surface area contributed by atoms with Gasteiger partial charge in [-0.05, 0) is 48.2 Å². The molecule has 0 radical (unpaired) electrons. The minimum atomic E-state index is -0.331. The first-order valence-corrected chi connectivity index (χ1v) is 9.08. The number of carbonyl (C=O) groups is 1. The van der Waals surface area contributed by atoms with Gasteiger partial charge in [0.1, 0.15) is 5.70 Å². The molecule has 0 fully saturated rings. The number of aliphatic hydroxyl groups is 1. The molecule has 3 rings (SSSR count). The van der Waals surface area contributed by atoms with Gasteiger partial charge in [-0.2, -0.15) is 5.11 Å². The Kier molecular flexibility index (Phi) is 6.49. The van der Waals surface area contributed by atoms with Gasteiger partial charge in [0, 0.05) is 36.1 Å². The van der Waals surface area contributed by atoms with Crippen LogP contribution in [0, 0.1) is 5.53 Å². The monoisotopic (exact) mass is 391 g/mol. The number of carbonyl (C=O) groups excluding carboxylic acids is 1. The number of fused-ring (bicyclic) bond motifs is 1. The van der Waals surface area contributed by atoms with E-state index in [0.29, 0.717) is 29.7 Å². The number of benzene rings is 2. The molecule has 0 saturated carbocycles. The van der Waals surface area contributed by atoms with Crippen molar-refractivity contribution in [1.29, 1.82) is 5.53 Å². The van der Waals surface area contributed by atoms with Crippen LogP contribution in [0.15, 0.2) is 70.7 Å². The summed E-state index contributed by atoms with van der Waals surface area (Å²) in [6.45, 7) is 0.436. The summed E-state index contributed by atoms with van der Waals surface area (Å²) in [5.74, 6) is -0.218. The van der Waals surface area contributed by atoms with Gasteiger partial charge in [0.05, 0.1) is 5.56 Å². The van der Waals surface area contributed by atoms with Crippen molar-refractivity contribution in [2.24, 2.45) is 5.11 Å². The first-order valence-electron chi connectivity index (χ1n) is 9.08. The Labute approximate surface area is 166 Å². The van der Waals surface area contributed by atoms with Crippen molar-refractivity contribution in [2.75, 3.05) is 18.5 Å². The van der Waals surface area contributed by atoms with Crippen LogP contribution < -0.4 is 16.2 Å². The summed E-state index contributed by atoms with van der Waals surface area (Å²) < 4.78 is 0. The van der Waals surface area contributed by atoms with E-state index in [1.54, 1.807) is 30.3 Å². The van der Waals surface area contributed by atoms with Crippen molar-refractivity contribution in [3.8, 4) is 0 Å². The van der Waals surface area contributed by atoms with Crippen LogP contribution in [0.2, 0.25) is 0 Å². The third kappa shape index (κ3) is 4.94. The standard InChI is InChI=1S/C21H21N5O3/c22-26-19(17-12-15-4-1-2-5-18(15)25-21(17)29)13-24-16-8-6-14(7-9-16)20(28)23-10-3-11-27/h1-2,4-9,12-13,22,24,27H,3,10-11H2,(H,23,28)(H,25,29)/b19-13-,26-22?. The fourth-order valence-corrected chi connectivity index (χ4v) is 2.76. The molecule has 8 heteroatoms. The normalized spacial score (nSPS) is 11.3. The van der Waals surface area contributed by atoms with Crippen LogP contribution in [0.4, 0.5) is 5.69 Å². The second kappa shape index (κ2) is 9.43. The highest BCUT2D eigenvalue weighted by Gasteiger charge is 2.08. The van der Waals surface area contributed by atoms with E-state index in [4.69, 9.17) is 10.6 Å². The molecule has 1 heterocycles. The molecule has 0 atom stereocenters. The molecule has 0 aliphatic rings. The van der Waals surface area contributed by atoms with Crippen LogP contribution in [0.25, 0.3) is 16.6 Å². The second-order valence-corrected chi connectivity index (χ2v) is 6.30. The highest BCUT2D eigenvalue weighted by Crippen LogP contribution is 2.18. The van der Waals surface area contributed by atoms with Crippen LogP contribution in [0.3, 0.4) is 0 Å². The van der Waals surface area contributed by atoms with E-state index in [0.717, 1.165) is 5.39 Å². The molecule has 0 unspecified atom stereocenters. The first kappa shape index (κ1) is 20.0. The van der Waals surface area contributed by atoms with Crippen LogP contribution in [0.1, 0.15) is 22.3 Å². The van der Waals surface area contributed by atoms with Gasteiger partial charge in [0.2, 0.25) is 0 Å². The molecule has 0 bridgehead atoms. The van der Waals surface area contributed by atoms with Gasteiger partial charge >= 0.3 is 0 Å². The highest BCUT2D eigenvalue weighted by molar-refractivity contribution is 5.94. The Morgan fingerprint density at radius 3 is 2.66 bits per heavy atom. The summed E-state index contributed by atoms with van der Waals surface area (Å²) in [4.78, 5) is 27.1. The molecule has 148 valence electrons. The predicted molar refractivity (Wildman–Crippen MR) is 112 cm³/mol. The highest BCUT2D eigenvalue weighted by atomic mass is 16.3. The van der Waals surface area contributed by atoms with E-state index < -0.39 is 0 Å². The number of hydrogen-bond donors (Lipinski definition) is 5. The summed E-state index contributed by atoms with van der Waals surface area (Å²) in [5, 5.41) is 18.8. The van der Waals surface area contributed by atoms with Gasteiger partial charge in [-0.25, -0.2) is 5.53 Å². The van der Waals surface area contributed by atoms with Crippen LogP contribution in [-0.2, 0) is 0 Å². The predicted octanol–water partition coefficient (Wildman–Crippen LogP) is 3.08. The molecule has 8 nitrogen and oxygen atoms in total. The zero-order chi connectivity index (χ0) is 20.6. The lowest BCUT2D eigenvalue weighted by Gasteiger charge is -2.07. The number of nitrogens with zero attached hydrogens (tertiary/aromatic N) is 1. The maximum Gasteiger partial charge on any atom is 0.258 e. The summed E-state index contributed by atoms with van der Waals surface area (Å²) in [6, 6.07) is 15.8. The largest absolute Gasteiger partial charge is 0.396 e. The Hall–Kier alpha value is -3.78. The van der Waals surface area contributed by atoms with E-state index in [1.807, 2.05) is 24.3 Å². The topological polar surface area (TPSA) is 130 Å². The number of aromatic amines is 1. The molecular formula is C21H21N5O3. The third-order valence-corrected chi connectivity index (χ3v) is 4.29. The number of aromatic nitrogens is 1. The third-order valence-electron chi connectivity index (χ3n) is 4.29. The summed E-state index contributed by atoms with van der Waals surface area (Å²) in [7, 11) is 0. The maximum absolute atomic E-state index is 12.3. The molecule has 1 aromatic heterocycles. The van der Waals surface area contributed by atoms with Gasteiger partial charge in [-0.15, -0.1) is 0 Å². The minimum Gasteiger partial charge on any atom is -0.396 e. The lowest BCUT2D eigenvalue weighted by atomic mass is 10.1. The van der Waals surface area contributed by atoms with Crippen LogP contribution in [-0.4, -0.2) is 29.1 Å². The summed E-state index contributed by atoms with van der Waals surface area (Å²) in [6.07, 6.45) is 1.98. The number of anilines is 1. The summed E-state index contributed by atoms with van der Waals surface area (Å²) >= 11 is 0. The van der Waals surface area contributed by atoms with Crippen molar-refractivity contribution < 1.29 is 9.90 Å². The molecule has 0 spiro atoms. The number of H-pyrrole nitrogens is 1. The SMILES string of the molecule is N=N/C(=C\Nc1ccc(C(=O)NCCCO)cc1)c1cc2ccccc2[nH]c1=O. The molecular weight excluding hydrogens is 370 g/mol. The number of pyridine rings is 1. The molecule has 3 aromatic rings. The van der Waals surface area contributed by atoms with Gasteiger partial charge in [0.15, 0.2) is 0 Å². The second-order valence-electron chi connectivity index (χ2n) is 6.30. The average Bonchev–Trinajstić information content (AvgIpc) is 2.75. The van der Waals surface area contributed by atoms with Crippen LogP contribution >= 0.6 is 0 Å². The zero-order valence-electron chi connectivity index (χ0n) is 15.6. The average molecular weight is 391 g/mol. The summed E-state index contributed by atoms with van der Waals surface area (Å²) in [5.41, 5.74) is 9.45. The van der Waals surface area contributed by atoms with E-state index >= 15 is 0 Å². The molecule has 0 aliphatic heterocycles. The molecule has 5 N–H and O–H groups in total. The lowest BCUT2D eigenvalue weighted by Crippen LogP contribution is -2.24. The lowest BCUT2D eigenvalue weighted by molar-refractivity contribution is 0.0951. The van der Waals surface area contributed by atoms with Crippen molar-refractivity contribution in [3.05, 3.63) is 82.3 Å². The Bertz CT molecular complexity index is 1100. The number of nitrogens with one attached hydrogen (secondary N) is 4. The van der Waals surface area contributed by atoms with Crippen LogP contribution in [0.5, 0.6) is 0 Å². The van der Waals surface area contributed by atoms with E-state index in [2.05, 4.69) is 20.7 Å².